The van der Waals surface area contributed by atoms with Crippen molar-refractivity contribution in [2.75, 3.05) is 6.54 Å². The zero-order chi connectivity index (χ0) is 13.8. The Kier molecular flexibility index (Phi) is 5.03. The molecule has 2 rings (SSSR count). The van der Waals surface area contributed by atoms with Crippen LogP contribution in [0.2, 0.25) is 4.34 Å². The summed E-state index contributed by atoms with van der Waals surface area (Å²) in [6.45, 7) is 7.43. The van der Waals surface area contributed by atoms with Gasteiger partial charge in [-0.05, 0) is 55.6 Å². The smallest absolute Gasteiger partial charge is 0.0931 e. The average molecular weight is 294 g/mol. The number of aryl methyl sites for hydroxylation is 2. The molecule has 1 atom stereocenters. The lowest BCUT2D eigenvalue weighted by atomic mass is 10.00. The van der Waals surface area contributed by atoms with Crippen molar-refractivity contribution in [1.29, 1.82) is 0 Å². The van der Waals surface area contributed by atoms with E-state index in [0.29, 0.717) is 6.04 Å². The van der Waals surface area contributed by atoms with Crippen molar-refractivity contribution in [3.05, 3.63) is 56.2 Å². The normalized spacial score (nSPS) is 12.6. The first kappa shape index (κ1) is 14.6. The van der Waals surface area contributed by atoms with E-state index in [4.69, 9.17) is 11.6 Å². The van der Waals surface area contributed by atoms with E-state index in [1.54, 1.807) is 11.3 Å². The quantitative estimate of drug-likeness (QED) is 0.826. The summed E-state index contributed by atoms with van der Waals surface area (Å²) in [6.07, 6.45) is 1.01. The van der Waals surface area contributed by atoms with Crippen LogP contribution in [0.1, 0.15) is 34.5 Å². The fraction of sp³-hybridized carbons (Fsp3) is 0.375. The molecule has 2 aromatic rings. The van der Waals surface area contributed by atoms with Gasteiger partial charge in [0.2, 0.25) is 0 Å². The number of hydrogen-bond acceptors (Lipinski definition) is 2. The molecule has 3 heteroatoms. The van der Waals surface area contributed by atoms with Crippen molar-refractivity contribution in [3.8, 4) is 0 Å². The summed E-state index contributed by atoms with van der Waals surface area (Å²) in [6, 6.07) is 11.2. The van der Waals surface area contributed by atoms with Crippen molar-refractivity contribution in [2.45, 2.75) is 33.2 Å². The molecular weight excluding hydrogens is 274 g/mol. The van der Waals surface area contributed by atoms with Crippen molar-refractivity contribution >= 4 is 22.9 Å². The van der Waals surface area contributed by atoms with Crippen LogP contribution >= 0.6 is 22.9 Å². The Morgan fingerprint density at radius 1 is 1.16 bits per heavy atom. The van der Waals surface area contributed by atoms with Crippen LogP contribution in [0.3, 0.4) is 0 Å². The molecule has 0 aliphatic rings. The number of nitrogens with one attached hydrogen (secondary N) is 1. The maximum absolute atomic E-state index is 6.04. The van der Waals surface area contributed by atoms with Gasteiger partial charge in [0, 0.05) is 10.9 Å². The second-order valence-corrected chi connectivity index (χ2v) is 6.62. The first-order valence-corrected chi connectivity index (χ1v) is 7.84. The van der Waals surface area contributed by atoms with Crippen molar-refractivity contribution in [1.82, 2.24) is 5.32 Å². The molecule has 102 valence electrons. The van der Waals surface area contributed by atoms with Gasteiger partial charge in [0.1, 0.15) is 0 Å². The molecule has 1 unspecified atom stereocenters. The Hall–Kier alpha value is -0.830. The van der Waals surface area contributed by atoms with E-state index < -0.39 is 0 Å². The minimum Gasteiger partial charge on any atom is -0.309 e. The summed E-state index contributed by atoms with van der Waals surface area (Å²) in [5, 5.41) is 3.55. The molecule has 0 bridgehead atoms. The summed E-state index contributed by atoms with van der Waals surface area (Å²) < 4.78 is 0.859. The summed E-state index contributed by atoms with van der Waals surface area (Å²) in [7, 11) is 0. The molecule has 0 saturated heterocycles. The van der Waals surface area contributed by atoms with E-state index in [0.717, 1.165) is 17.3 Å². The minimum atomic E-state index is 0.351. The molecule has 0 radical (unpaired) electrons. The van der Waals surface area contributed by atoms with Gasteiger partial charge in [-0.1, -0.05) is 36.7 Å². The van der Waals surface area contributed by atoms with Crippen molar-refractivity contribution in [3.63, 3.8) is 0 Å². The third-order valence-electron chi connectivity index (χ3n) is 3.40. The Morgan fingerprint density at radius 2 is 1.95 bits per heavy atom. The summed E-state index contributed by atoms with van der Waals surface area (Å²) in [5.74, 6) is 0. The topological polar surface area (TPSA) is 12.0 Å². The largest absolute Gasteiger partial charge is 0.309 e. The van der Waals surface area contributed by atoms with Gasteiger partial charge >= 0.3 is 0 Å². The Labute approximate surface area is 124 Å². The Balaban J connectivity index is 2.18. The maximum atomic E-state index is 6.04. The lowest BCUT2D eigenvalue weighted by Gasteiger charge is -2.17. The molecule has 1 aromatic carbocycles. The molecule has 19 heavy (non-hydrogen) atoms. The highest BCUT2D eigenvalue weighted by molar-refractivity contribution is 7.16. The van der Waals surface area contributed by atoms with Gasteiger partial charge in [0.15, 0.2) is 0 Å². The summed E-state index contributed by atoms with van der Waals surface area (Å²) in [5.41, 5.74) is 4.08. The molecule has 1 nitrogen and oxygen atoms in total. The molecule has 0 aliphatic heterocycles. The zero-order valence-electron chi connectivity index (χ0n) is 11.7. The molecule has 0 amide bonds. The molecule has 0 saturated carbocycles. The molecular formula is C16H20ClNS. The monoisotopic (exact) mass is 293 g/mol. The number of halogens is 1. The third-order valence-corrected chi connectivity index (χ3v) is 4.74. The molecule has 0 spiro atoms. The first-order valence-electron chi connectivity index (χ1n) is 6.65. The highest BCUT2D eigenvalue weighted by Gasteiger charge is 2.13. The van der Waals surface area contributed by atoms with Crippen LogP contribution in [0.15, 0.2) is 30.3 Å². The van der Waals surface area contributed by atoms with Gasteiger partial charge in [0.25, 0.3) is 0 Å². The molecule has 1 N–H and O–H groups in total. The van der Waals surface area contributed by atoms with Crippen LogP contribution in [0.5, 0.6) is 0 Å². The Bertz CT molecular complexity index is 547. The molecule has 0 aliphatic carbocycles. The lowest BCUT2D eigenvalue weighted by molar-refractivity contribution is 0.558. The molecule has 1 aromatic heterocycles. The number of hydrogen-bond donors (Lipinski definition) is 1. The van der Waals surface area contributed by atoms with Crippen LogP contribution < -0.4 is 5.32 Å². The van der Waals surface area contributed by atoms with Crippen LogP contribution in [0.25, 0.3) is 0 Å². The van der Waals surface area contributed by atoms with Crippen LogP contribution in [0, 0.1) is 13.8 Å². The summed E-state index contributed by atoms with van der Waals surface area (Å²) >= 11 is 7.71. The van der Waals surface area contributed by atoms with Crippen molar-refractivity contribution in [2.24, 2.45) is 0 Å². The SMILES string of the molecule is CCNC(Cc1ccc(C)c(C)c1)c1ccc(Cl)s1. The van der Waals surface area contributed by atoms with Gasteiger partial charge < -0.3 is 5.32 Å². The summed E-state index contributed by atoms with van der Waals surface area (Å²) in [4.78, 5) is 1.31. The predicted molar refractivity (Wildman–Crippen MR) is 85.4 cm³/mol. The van der Waals surface area contributed by atoms with E-state index >= 15 is 0 Å². The lowest BCUT2D eigenvalue weighted by Crippen LogP contribution is -2.22. The maximum Gasteiger partial charge on any atom is 0.0931 e. The number of rotatable bonds is 5. The van der Waals surface area contributed by atoms with Gasteiger partial charge in [-0.3, -0.25) is 0 Å². The second-order valence-electron chi connectivity index (χ2n) is 4.87. The van der Waals surface area contributed by atoms with Gasteiger partial charge in [-0.25, -0.2) is 0 Å². The standard InChI is InChI=1S/C16H20ClNS/c1-4-18-14(15-7-8-16(17)19-15)10-13-6-5-11(2)12(3)9-13/h5-9,14,18H,4,10H2,1-3H3. The fourth-order valence-corrected chi connectivity index (χ4v) is 3.34. The van der Waals surface area contributed by atoms with E-state index in [1.807, 2.05) is 6.07 Å². The number of likely N-dealkylation sites (N-methyl/N-ethyl adjacent to an activating group) is 1. The third kappa shape index (κ3) is 3.82. The van der Waals surface area contributed by atoms with E-state index in [1.165, 1.54) is 21.6 Å². The van der Waals surface area contributed by atoms with E-state index in [9.17, 15) is 0 Å². The zero-order valence-corrected chi connectivity index (χ0v) is 13.2. The number of benzene rings is 1. The van der Waals surface area contributed by atoms with E-state index in [-0.39, 0.29) is 0 Å². The van der Waals surface area contributed by atoms with E-state index in [2.05, 4.69) is 50.4 Å². The second kappa shape index (κ2) is 6.56. The van der Waals surface area contributed by atoms with Crippen LogP contribution in [0.4, 0.5) is 0 Å². The van der Waals surface area contributed by atoms with Gasteiger partial charge in [-0.15, -0.1) is 11.3 Å². The van der Waals surface area contributed by atoms with Crippen LogP contribution in [-0.4, -0.2) is 6.54 Å². The fourth-order valence-electron chi connectivity index (χ4n) is 2.20. The predicted octanol–water partition coefficient (Wildman–Crippen LogP) is 4.91. The Morgan fingerprint density at radius 3 is 2.53 bits per heavy atom. The highest BCUT2D eigenvalue weighted by atomic mass is 35.5. The van der Waals surface area contributed by atoms with Gasteiger partial charge in [0.05, 0.1) is 4.34 Å². The highest BCUT2D eigenvalue weighted by Crippen LogP contribution is 2.29. The van der Waals surface area contributed by atoms with Crippen molar-refractivity contribution < 1.29 is 0 Å². The average Bonchev–Trinajstić information content (AvgIpc) is 2.80. The van der Waals surface area contributed by atoms with Crippen LogP contribution in [-0.2, 0) is 6.42 Å². The molecule has 1 heterocycles. The number of thiophene rings is 1. The van der Waals surface area contributed by atoms with Gasteiger partial charge in [-0.2, -0.15) is 0 Å². The molecule has 0 fully saturated rings. The first-order chi connectivity index (χ1) is 9.10. The minimum absolute atomic E-state index is 0.351.